The molecule has 0 atom stereocenters. The average Bonchev–Trinajstić information content (AvgIpc) is 2.94. The minimum Gasteiger partial charge on any atom is -0.486 e. The minimum atomic E-state index is -2.99. The molecule has 14 heteroatoms. The van der Waals surface area contributed by atoms with Crippen LogP contribution in [0.2, 0.25) is 0 Å². The van der Waals surface area contributed by atoms with E-state index in [4.69, 9.17) is 9.47 Å². The van der Waals surface area contributed by atoms with Crippen molar-refractivity contribution >= 4 is 50.9 Å². The number of alkyl halides is 2. The first kappa shape index (κ1) is 32.7. The molecular formula is C27H30Br2FN4O6P. The summed E-state index contributed by atoms with van der Waals surface area (Å²) < 4.78 is 39.5. The van der Waals surface area contributed by atoms with Gasteiger partial charge in [0.15, 0.2) is 11.6 Å². The summed E-state index contributed by atoms with van der Waals surface area (Å²) in [6, 6.07) is 14.8. The molecule has 0 bridgehead atoms. The number of benzene rings is 3. The Bertz CT molecular complexity index is 1400. The summed E-state index contributed by atoms with van der Waals surface area (Å²) in [6.45, 7) is 0.885. The van der Waals surface area contributed by atoms with Crippen LogP contribution in [0, 0.1) is 15.9 Å². The third-order valence-corrected chi connectivity index (χ3v) is 8.75. The van der Waals surface area contributed by atoms with Crippen LogP contribution in [-0.4, -0.2) is 53.6 Å². The van der Waals surface area contributed by atoms with Gasteiger partial charge in [-0.25, -0.2) is 4.39 Å². The normalized spacial score (nSPS) is 11.2. The molecule has 3 rings (SSSR count). The van der Waals surface area contributed by atoms with Crippen molar-refractivity contribution in [1.29, 1.82) is 0 Å². The zero-order chi connectivity index (χ0) is 30.0. The quantitative estimate of drug-likeness (QED) is 0.0795. The van der Waals surface area contributed by atoms with E-state index in [1.165, 1.54) is 35.2 Å². The molecule has 0 heterocycles. The molecule has 2 N–H and O–H groups in total. The second-order valence-electron chi connectivity index (χ2n) is 9.03. The summed E-state index contributed by atoms with van der Waals surface area (Å²) in [4.78, 5) is 24.5. The highest BCUT2D eigenvalue weighted by Crippen LogP contribution is 2.41. The van der Waals surface area contributed by atoms with Gasteiger partial charge in [-0.2, -0.15) is 0 Å². The maximum Gasteiger partial charge on any atom is 0.311 e. The SMILES string of the molecule is CN(C)C(=O)c1ccc(Oc2cc(COc3ccc(CP(=O)(NCCBr)NCCBr)cc3F)ccc2[N+](=O)[O-])cc1. The van der Waals surface area contributed by atoms with Crippen LogP contribution >= 0.6 is 39.3 Å². The predicted octanol–water partition coefficient (Wildman–Crippen LogP) is 6.47. The number of amides is 1. The third-order valence-electron chi connectivity index (χ3n) is 5.68. The number of nitrogens with one attached hydrogen (secondary N) is 2. The molecule has 3 aromatic carbocycles. The van der Waals surface area contributed by atoms with Crippen molar-refractivity contribution in [3.63, 3.8) is 0 Å². The van der Waals surface area contributed by atoms with Crippen LogP contribution in [0.5, 0.6) is 17.2 Å². The first-order chi connectivity index (χ1) is 19.5. The van der Waals surface area contributed by atoms with Gasteiger partial charge < -0.3 is 14.4 Å². The van der Waals surface area contributed by atoms with Crippen molar-refractivity contribution in [2.45, 2.75) is 12.8 Å². The lowest BCUT2D eigenvalue weighted by Crippen LogP contribution is -2.26. The van der Waals surface area contributed by atoms with Crippen molar-refractivity contribution < 1.29 is 28.1 Å². The zero-order valence-corrected chi connectivity index (χ0v) is 26.5. The van der Waals surface area contributed by atoms with Gasteiger partial charge >= 0.3 is 5.69 Å². The molecule has 41 heavy (non-hydrogen) atoms. The minimum absolute atomic E-state index is 0.0209. The molecule has 0 radical (unpaired) electrons. The zero-order valence-electron chi connectivity index (χ0n) is 22.4. The monoisotopic (exact) mass is 714 g/mol. The van der Waals surface area contributed by atoms with Crippen LogP contribution in [0.4, 0.5) is 10.1 Å². The Labute approximate surface area is 254 Å². The summed E-state index contributed by atoms with van der Waals surface area (Å²) in [6.07, 6.45) is 0.109. The Kier molecular flexibility index (Phi) is 12.3. The fraction of sp³-hybridized carbons (Fsp3) is 0.296. The van der Waals surface area contributed by atoms with Gasteiger partial charge in [-0.15, -0.1) is 0 Å². The van der Waals surface area contributed by atoms with E-state index >= 15 is 0 Å². The molecule has 220 valence electrons. The topological polar surface area (TPSA) is 123 Å². The van der Waals surface area contributed by atoms with Gasteiger partial charge in [0.2, 0.25) is 13.2 Å². The highest BCUT2D eigenvalue weighted by Gasteiger charge is 2.22. The molecule has 1 amide bonds. The van der Waals surface area contributed by atoms with Gasteiger partial charge in [-0.05, 0) is 59.7 Å². The fourth-order valence-corrected chi connectivity index (χ4v) is 6.72. The van der Waals surface area contributed by atoms with Crippen molar-refractivity contribution in [3.05, 3.63) is 93.3 Å². The molecule has 0 aliphatic heterocycles. The van der Waals surface area contributed by atoms with E-state index in [1.54, 1.807) is 44.4 Å². The molecule has 0 fully saturated rings. The van der Waals surface area contributed by atoms with Crippen molar-refractivity contribution in [2.75, 3.05) is 37.8 Å². The van der Waals surface area contributed by atoms with Crippen molar-refractivity contribution in [2.24, 2.45) is 0 Å². The Morgan fingerprint density at radius 3 is 2.17 bits per heavy atom. The van der Waals surface area contributed by atoms with Crippen LogP contribution < -0.4 is 19.6 Å². The van der Waals surface area contributed by atoms with E-state index in [2.05, 4.69) is 42.0 Å². The second kappa shape index (κ2) is 15.4. The van der Waals surface area contributed by atoms with Gasteiger partial charge in [-0.3, -0.25) is 29.6 Å². The van der Waals surface area contributed by atoms with E-state index in [-0.39, 0.29) is 35.9 Å². The smallest absolute Gasteiger partial charge is 0.311 e. The Hall–Kier alpha value is -2.83. The van der Waals surface area contributed by atoms with E-state index in [0.29, 0.717) is 46.2 Å². The van der Waals surface area contributed by atoms with Gasteiger partial charge in [0, 0.05) is 49.5 Å². The van der Waals surface area contributed by atoms with E-state index < -0.39 is 18.2 Å². The third kappa shape index (κ3) is 9.61. The maximum atomic E-state index is 14.9. The van der Waals surface area contributed by atoms with E-state index in [1.807, 2.05) is 0 Å². The predicted molar refractivity (Wildman–Crippen MR) is 163 cm³/mol. The number of halogens is 3. The number of ether oxygens (including phenoxy) is 2. The van der Waals surface area contributed by atoms with Crippen LogP contribution in [-0.2, 0) is 17.3 Å². The molecule has 3 aromatic rings. The van der Waals surface area contributed by atoms with E-state index in [9.17, 15) is 23.9 Å². The van der Waals surface area contributed by atoms with Crippen LogP contribution in [0.1, 0.15) is 21.5 Å². The highest BCUT2D eigenvalue weighted by molar-refractivity contribution is 9.09. The molecule has 10 nitrogen and oxygen atoms in total. The maximum absolute atomic E-state index is 14.9. The van der Waals surface area contributed by atoms with Gasteiger partial charge in [-0.1, -0.05) is 37.9 Å². The van der Waals surface area contributed by atoms with Crippen LogP contribution in [0.25, 0.3) is 0 Å². The number of rotatable bonds is 15. The molecule has 0 aliphatic rings. The summed E-state index contributed by atoms with van der Waals surface area (Å²) in [5, 5.41) is 18.8. The summed E-state index contributed by atoms with van der Waals surface area (Å²) in [5.74, 6) is -0.556. The molecular weight excluding hydrogens is 686 g/mol. The van der Waals surface area contributed by atoms with E-state index in [0.717, 1.165) is 0 Å². The van der Waals surface area contributed by atoms with Crippen molar-refractivity contribution in [3.8, 4) is 17.2 Å². The first-order valence-electron chi connectivity index (χ1n) is 12.4. The van der Waals surface area contributed by atoms with Crippen molar-refractivity contribution in [1.82, 2.24) is 15.1 Å². The molecule has 0 aromatic heterocycles. The summed E-state index contributed by atoms with van der Waals surface area (Å²) in [7, 11) is 0.285. The van der Waals surface area contributed by atoms with Gasteiger partial charge in [0.25, 0.3) is 5.91 Å². The summed E-state index contributed by atoms with van der Waals surface area (Å²) >= 11 is 6.61. The lowest BCUT2D eigenvalue weighted by atomic mass is 10.2. The number of hydrogen-bond donors (Lipinski definition) is 2. The largest absolute Gasteiger partial charge is 0.486 e. The molecule has 0 unspecified atom stereocenters. The number of nitro groups is 1. The average molecular weight is 716 g/mol. The molecule has 0 spiro atoms. The lowest BCUT2D eigenvalue weighted by Gasteiger charge is -2.20. The number of nitrogens with zero attached hydrogens (tertiary/aromatic N) is 2. The number of carbonyl (C=O) groups excluding carboxylic acids is 1. The molecule has 0 saturated heterocycles. The highest BCUT2D eigenvalue weighted by atomic mass is 79.9. The number of hydrogen-bond acceptors (Lipinski definition) is 6. The van der Waals surface area contributed by atoms with Gasteiger partial charge in [0.05, 0.1) is 11.1 Å². The Morgan fingerprint density at radius 1 is 0.976 bits per heavy atom. The molecule has 0 aliphatic carbocycles. The standard InChI is InChI=1S/C27H30Br2FN4O6P/c1-33(2)27(35)21-5-7-22(8-6-21)40-26-16-19(3-9-24(26)34(36)37)17-39-25-10-4-20(15-23(25)30)18-41(38,31-13-11-28)32-14-12-29/h3-10,15-16H,11-14,17-18H2,1-2H3,(H2,31,32,38). The van der Waals surface area contributed by atoms with Gasteiger partial charge in [0.1, 0.15) is 12.4 Å². The first-order valence-corrected chi connectivity index (χ1v) is 16.6. The molecule has 0 saturated carbocycles. The summed E-state index contributed by atoms with van der Waals surface area (Å²) in [5.41, 5.74) is 1.23. The number of nitro benzene ring substituents is 1. The Morgan fingerprint density at radius 2 is 1.61 bits per heavy atom. The second-order valence-corrected chi connectivity index (χ2v) is 13.0. The van der Waals surface area contributed by atoms with Crippen LogP contribution in [0.3, 0.4) is 0 Å². The lowest BCUT2D eigenvalue weighted by molar-refractivity contribution is -0.385. The number of carbonyl (C=O) groups is 1. The van der Waals surface area contributed by atoms with Crippen LogP contribution in [0.15, 0.2) is 60.7 Å². The fourth-order valence-electron chi connectivity index (χ4n) is 3.72. The Balaban J connectivity index is 1.72.